The van der Waals surface area contributed by atoms with E-state index < -0.39 is 24.1 Å². The monoisotopic (exact) mass is 314 g/mol. The van der Waals surface area contributed by atoms with Crippen LogP contribution in [0.2, 0.25) is 0 Å². The third-order valence-electron chi connectivity index (χ3n) is 1.81. The van der Waals surface area contributed by atoms with E-state index in [1.807, 2.05) is 60.7 Å². The van der Waals surface area contributed by atoms with E-state index in [2.05, 4.69) is 0 Å². The van der Waals surface area contributed by atoms with Gasteiger partial charge in [0, 0.05) is 0 Å². The molecule has 0 radical (unpaired) electrons. The predicted octanol–water partition coefficient (Wildman–Crippen LogP) is -2.94. The first-order valence-electron chi connectivity index (χ1n) is 4.64. The molecule has 0 heterocycles. The van der Waals surface area contributed by atoms with Crippen LogP contribution >= 0.6 is 0 Å². The molecule has 0 N–H and O–H groups in total. The topological polar surface area (TPSA) is 18.5 Å². The van der Waals surface area contributed by atoms with Gasteiger partial charge in [0.1, 0.15) is 0 Å². The second-order valence-electron chi connectivity index (χ2n) is 2.91. The Hall–Kier alpha value is -1.22. The number of halogens is 2. The molecule has 0 unspecified atom stereocenters. The van der Waals surface area contributed by atoms with Crippen molar-refractivity contribution in [1.29, 1.82) is 0 Å². The minimum absolute atomic E-state index is 0. The first-order valence-corrected chi connectivity index (χ1v) is 6.64. The maximum atomic E-state index is 5.56. The number of benzene rings is 2. The molecule has 0 aliphatic rings. The Morgan fingerprint density at radius 1 is 0.588 bits per heavy atom. The van der Waals surface area contributed by atoms with Crippen molar-refractivity contribution in [2.45, 2.75) is 0 Å². The summed E-state index contributed by atoms with van der Waals surface area (Å²) in [6.07, 6.45) is 0. The fraction of sp³-hybridized carbons (Fsp3) is 0. The van der Waals surface area contributed by atoms with Gasteiger partial charge in [-0.05, 0) is 0 Å². The number of para-hydroxylation sites is 2. The van der Waals surface area contributed by atoms with Crippen molar-refractivity contribution in [1.82, 2.24) is 0 Å². The fourth-order valence-corrected chi connectivity index (χ4v) is 2.34. The third-order valence-corrected chi connectivity index (χ3v) is 3.37. The van der Waals surface area contributed by atoms with E-state index in [1.54, 1.807) is 0 Å². The summed E-state index contributed by atoms with van der Waals surface area (Å²) >= 11 is -1.26. The second-order valence-corrected chi connectivity index (χ2v) is 4.33. The molecule has 2 aromatic carbocycles. The molecule has 88 valence electrons. The molecule has 0 aromatic heterocycles. The van der Waals surface area contributed by atoms with Gasteiger partial charge in [-0.3, -0.25) is 0 Å². The van der Waals surface area contributed by atoms with Crippen LogP contribution in [0, 0.1) is 0 Å². The molecule has 0 aliphatic heterocycles. The molecule has 2 aromatic rings. The summed E-state index contributed by atoms with van der Waals surface area (Å²) in [6, 6.07) is 19.5. The Kier molecular flexibility index (Phi) is 8.24. The zero-order chi connectivity index (χ0) is 10.3. The number of hydrogen-bond donors (Lipinski definition) is 0. The van der Waals surface area contributed by atoms with Gasteiger partial charge in [0.2, 0.25) is 0 Å². The first kappa shape index (κ1) is 15.8. The molecular weight excluding hydrogens is 305 g/mol. The maximum absolute atomic E-state index is 5.56. The van der Waals surface area contributed by atoms with Crippen molar-refractivity contribution in [3.05, 3.63) is 60.7 Å². The standard InChI is InChI=1S/2C6H6O.2FH.Zr/c2*7-6-4-2-1-3-5-6;;;/h2*1-5,7H;2*1H;/q;;;;+4/p-4. The molecule has 5 heteroatoms. The van der Waals surface area contributed by atoms with E-state index >= 15 is 0 Å². The number of hydrogen-bond acceptors (Lipinski definition) is 2. The molecule has 0 saturated heterocycles. The average Bonchev–Trinajstić information content (AvgIpc) is 2.32. The Morgan fingerprint density at radius 2 is 0.941 bits per heavy atom. The van der Waals surface area contributed by atoms with Crippen molar-refractivity contribution in [2.75, 3.05) is 0 Å². The summed E-state index contributed by atoms with van der Waals surface area (Å²) in [6.45, 7) is 0. The van der Waals surface area contributed by atoms with Gasteiger partial charge in [-0.2, -0.15) is 0 Å². The minimum atomic E-state index is -1.26. The van der Waals surface area contributed by atoms with E-state index in [9.17, 15) is 0 Å². The zero-order valence-corrected chi connectivity index (χ0v) is 11.3. The van der Waals surface area contributed by atoms with Gasteiger partial charge in [0.05, 0.1) is 0 Å². The van der Waals surface area contributed by atoms with Gasteiger partial charge < -0.3 is 9.41 Å². The van der Waals surface area contributed by atoms with Gasteiger partial charge in [0.15, 0.2) is 0 Å². The van der Waals surface area contributed by atoms with Crippen LogP contribution in [-0.2, 0) is 24.1 Å². The summed E-state index contributed by atoms with van der Waals surface area (Å²) in [5, 5.41) is 0. The van der Waals surface area contributed by atoms with E-state index in [4.69, 9.17) is 5.63 Å². The summed E-state index contributed by atoms with van der Waals surface area (Å²) in [7, 11) is 0. The molecule has 2 nitrogen and oxygen atoms in total. The van der Waals surface area contributed by atoms with Crippen molar-refractivity contribution in [3.63, 3.8) is 0 Å². The average molecular weight is 315 g/mol. The van der Waals surface area contributed by atoms with E-state index in [0.29, 0.717) is 0 Å². The van der Waals surface area contributed by atoms with Gasteiger partial charge in [-0.15, -0.1) is 0 Å². The Bertz CT molecular complexity index is 358. The van der Waals surface area contributed by atoms with Crippen LogP contribution in [0.3, 0.4) is 0 Å². The third kappa shape index (κ3) is 5.59. The van der Waals surface area contributed by atoms with E-state index in [0.717, 1.165) is 11.5 Å². The van der Waals surface area contributed by atoms with Crippen LogP contribution in [0.1, 0.15) is 0 Å². The van der Waals surface area contributed by atoms with Crippen LogP contribution in [0.5, 0.6) is 11.5 Å². The fourth-order valence-electron chi connectivity index (χ4n) is 1.09. The molecule has 0 saturated carbocycles. The van der Waals surface area contributed by atoms with Gasteiger partial charge in [0.25, 0.3) is 0 Å². The van der Waals surface area contributed by atoms with Crippen LogP contribution in [0.4, 0.5) is 0 Å². The summed E-state index contributed by atoms with van der Waals surface area (Å²) < 4.78 is 11.1. The summed E-state index contributed by atoms with van der Waals surface area (Å²) in [4.78, 5) is 0. The molecule has 0 spiro atoms. The molecule has 0 bridgehead atoms. The first-order chi connectivity index (χ1) is 7.45. The Labute approximate surface area is 111 Å². The SMILES string of the molecule is [F-].[F-].c1ccc([O][Zr+2][O]c2ccccc2)cc1. The van der Waals surface area contributed by atoms with Crippen molar-refractivity contribution in [3.8, 4) is 11.5 Å². The van der Waals surface area contributed by atoms with Gasteiger partial charge in [-0.1, -0.05) is 0 Å². The van der Waals surface area contributed by atoms with Crippen LogP contribution < -0.4 is 15.0 Å². The molecule has 17 heavy (non-hydrogen) atoms. The Balaban J connectivity index is 0.00000128. The Morgan fingerprint density at radius 3 is 1.29 bits per heavy atom. The van der Waals surface area contributed by atoms with Gasteiger partial charge in [-0.25, -0.2) is 0 Å². The molecular formula is C12H10F2O2Zr. The van der Waals surface area contributed by atoms with Crippen molar-refractivity contribution < 1.29 is 39.2 Å². The normalized spacial score (nSPS) is 8.00. The molecule has 2 rings (SSSR count). The van der Waals surface area contributed by atoms with E-state index in [-0.39, 0.29) is 9.41 Å². The summed E-state index contributed by atoms with van der Waals surface area (Å²) in [5.41, 5.74) is 0. The number of rotatable bonds is 4. The second kappa shape index (κ2) is 8.88. The van der Waals surface area contributed by atoms with Gasteiger partial charge >= 0.3 is 102 Å². The van der Waals surface area contributed by atoms with Crippen molar-refractivity contribution in [2.24, 2.45) is 0 Å². The summed E-state index contributed by atoms with van der Waals surface area (Å²) in [5.74, 6) is 1.78. The van der Waals surface area contributed by atoms with Crippen LogP contribution in [-0.4, -0.2) is 0 Å². The molecule has 0 fully saturated rings. The molecule has 0 aliphatic carbocycles. The zero-order valence-electron chi connectivity index (χ0n) is 8.85. The van der Waals surface area contributed by atoms with E-state index in [1.165, 1.54) is 0 Å². The molecule has 0 atom stereocenters. The van der Waals surface area contributed by atoms with Crippen molar-refractivity contribution >= 4 is 0 Å². The molecule has 0 amide bonds. The van der Waals surface area contributed by atoms with Crippen LogP contribution in [0.25, 0.3) is 0 Å². The quantitative estimate of drug-likeness (QED) is 0.601. The van der Waals surface area contributed by atoms with Crippen LogP contribution in [0.15, 0.2) is 60.7 Å². The predicted molar refractivity (Wildman–Crippen MR) is 54.1 cm³/mol.